The van der Waals surface area contributed by atoms with E-state index in [-0.39, 0.29) is 0 Å². The van der Waals surface area contributed by atoms with Gasteiger partial charge in [-0.1, -0.05) is 32.0 Å². The first-order chi connectivity index (χ1) is 9.27. The summed E-state index contributed by atoms with van der Waals surface area (Å²) in [7, 11) is 1.69. The van der Waals surface area contributed by atoms with Crippen molar-refractivity contribution in [3.05, 3.63) is 29.8 Å². The molecule has 0 saturated heterocycles. The largest absolute Gasteiger partial charge is 0.491 e. The molecule has 3 nitrogen and oxygen atoms in total. The highest BCUT2D eigenvalue weighted by Gasteiger charge is 2.08. The zero-order chi connectivity index (χ0) is 13.9. The van der Waals surface area contributed by atoms with Crippen LogP contribution in [0.4, 0.5) is 0 Å². The van der Waals surface area contributed by atoms with E-state index < -0.39 is 0 Å². The number of ether oxygens (including phenoxy) is 2. The third kappa shape index (κ3) is 6.60. The molecule has 0 aromatic heterocycles. The van der Waals surface area contributed by atoms with Gasteiger partial charge in [0.15, 0.2) is 0 Å². The van der Waals surface area contributed by atoms with Gasteiger partial charge in [-0.2, -0.15) is 0 Å². The molecular weight excluding hydrogens is 238 g/mol. The summed E-state index contributed by atoms with van der Waals surface area (Å²) in [4.78, 5) is 0. The second-order valence-electron chi connectivity index (χ2n) is 4.96. The lowest BCUT2D eigenvalue weighted by atomic mass is 10.0. The molecule has 0 heterocycles. The molecule has 0 aliphatic carbocycles. The van der Waals surface area contributed by atoms with Crippen LogP contribution in [0.2, 0.25) is 0 Å². The number of nitrogens with one attached hydrogen (secondary N) is 1. The SMILES string of the molecule is CCCNCC(C)Cc1ccccc1OCCOC. The Morgan fingerprint density at radius 1 is 1.21 bits per heavy atom. The van der Waals surface area contributed by atoms with E-state index in [0.29, 0.717) is 19.1 Å². The molecule has 0 saturated carbocycles. The second kappa shape index (κ2) is 9.82. The summed E-state index contributed by atoms with van der Waals surface area (Å²) < 4.78 is 10.8. The van der Waals surface area contributed by atoms with E-state index in [4.69, 9.17) is 9.47 Å². The van der Waals surface area contributed by atoms with Gasteiger partial charge in [-0.3, -0.25) is 0 Å². The van der Waals surface area contributed by atoms with Gasteiger partial charge in [-0.05, 0) is 43.5 Å². The van der Waals surface area contributed by atoms with Crippen LogP contribution in [0.15, 0.2) is 24.3 Å². The molecule has 1 aromatic rings. The van der Waals surface area contributed by atoms with E-state index >= 15 is 0 Å². The zero-order valence-electron chi connectivity index (χ0n) is 12.4. The zero-order valence-corrected chi connectivity index (χ0v) is 12.4. The molecule has 1 rings (SSSR count). The fraction of sp³-hybridized carbons (Fsp3) is 0.625. The van der Waals surface area contributed by atoms with E-state index in [1.807, 2.05) is 12.1 Å². The van der Waals surface area contributed by atoms with Crippen molar-refractivity contribution in [2.75, 3.05) is 33.4 Å². The Bertz CT molecular complexity index is 341. The number of benzene rings is 1. The summed E-state index contributed by atoms with van der Waals surface area (Å²) in [5, 5.41) is 3.47. The summed E-state index contributed by atoms with van der Waals surface area (Å²) in [6.07, 6.45) is 2.23. The van der Waals surface area contributed by atoms with Gasteiger partial charge in [0.1, 0.15) is 12.4 Å². The molecule has 1 unspecified atom stereocenters. The van der Waals surface area contributed by atoms with Crippen molar-refractivity contribution in [1.82, 2.24) is 5.32 Å². The Labute approximate surface area is 117 Å². The monoisotopic (exact) mass is 265 g/mol. The first-order valence-corrected chi connectivity index (χ1v) is 7.18. The first-order valence-electron chi connectivity index (χ1n) is 7.18. The highest BCUT2D eigenvalue weighted by Crippen LogP contribution is 2.21. The molecule has 19 heavy (non-hydrogen) atoms. The molecule has 1 atom stereocenters. The average Bonchev–Trinajstić information content (AvgIpc) is 2.41. The maximum absolute atomic E-state index is 5.76. The van der Waals surface area contributed by atoms with Gasteiger partial charge in [-0.25, -0.2) is 0 Å². The molecule has 0 aliphatic heterocycles. The number of methoxy groups -OCH3 is 1. The molecule has 3 heteroatoms. The van der Waals surface area contributed by atoms with Crippen molar-refractivity contribution in [3.63, 3.8) is 0 Å². The van der Waals surface area contributed by atoms with E-state index in [0.717, 1.165) is 25.3 Å². The van der Waals surface area contributed by atoms with Gasteiger partial charge in [-0.15, -0.1) is 0 Å². The fourth-order valence-corrected chi connectivity index (χ4v) is 2.02. The topological polar surface area (TPSA) is 30.5 Å². The molecule has 0 spiro atoms. The van der Waals surface area contributed by atoms with E-state index in [2.05, 4.69) is 31.3 Å². The minimum Gasteiger partial charge on any atom is -0.491 e. The minimum atomic E-state index is 0.607. The van der Waals surface area contributed by atoms with Gasteiger partial charge in [0.05, 0.1) is 6.61 Å². The molecule has 108 valence electrons. The van der Waals surface area contributed by atoms with Crippen molar-refractivity contribution < 1.29 is 9.47 Å². The second-order valence-corrected chi connectivity index (χ2v) is 4.96. The number of hydrogen-bond acceptors (Lipinski definition) is 3. The first kappa shape index (κ1) is 16.0. The van der Waals surface area contributed by atoms with Crippen LogP contribution in [-0.2, 0) is 11.2 Å². The molecule has 0 fully saturated rings. The molecular formula is C16H27NO2. The van der Waals surface area contributed by atoms with Crippen LogP contribution in [0.25, 0.3) is 0 Å². The normalized spacial score (nSPS) is 12.4. The van der Waals surface area contributed by atoms with Crippen LogP contribution < -0.4 is 10.1 Å². The summed E-state index contributed by atoms with van der Waals surface area (Å²) in [5.41, 5.74) is 1.28. The maximum Gasteiger partial charge on any atom is 0.122 e. The Kier molecular flexibility index (Phi) is 8.26. The van der Waals surface area contributed by atoms with Crippen molar-refractivity contribution in [2.45, 2.75) is 26.7 Å². The van der Waals surface area contributed by atoms with Crippen LogP contribution in [0.3, 0.4) is 0 Å². The summed E-state index contributed by atoms with van der Waals surface area (Å²) in [5.74, 6) is 1.60. The Morgan fingerprint density at radius 2 is 2.00 bits per heavy atom. The predicted octanol–water partition coefficient (Wildman–Crippen LogP) is 2.89. The fourth-order valence-electron chi connectivity index (χ4n) is 2.02. The summed E-state index contributed by atoms with van der Waals surface area (Å²) >= 11 is 0. The Balaban J connectivity index is 2.46. The smallest absolute Gasteiger partial charge is 0.122 e. The van der Waals surface area contributed by atoms with Crippen LogP contribution in [0.1, 0.15) is 25.8 Å². The minimum absolute atomic E-state index is 0.607. The number of para-hydroxylation sites is 1. The molecule has 1 N–H and O–H groups in total. The highest BCUT2D eigenvalue weighted by atomic mass is 16.5. The van der Waals surface area contributed by atoms with Gasteiger partial charge in [0.2, 0.25) is 0 Å². The van der Waals surface area contributed by atoms with Crippen molar-refractivity contribution in [1.29, 1.82) is 0 Å². The third-order valence-electron chi connectivity index (χ3n) is 3.01. The maximum atomic E-state index is 5.76. The van der Waals surface area contributed by atoms with Crippen LogP contribution in [0.5, 0.6) is 5.75 Å². The van der Waals surface area contributed by atoms with E-state index in [1.165, 1.54) is 12.0 Å². The third-order valence-corrected chi connectivity index (χ3v) is 3.01. The summed E-state index contributed by atoms with van der Waals surface area (Å²) in [6.45, 7) is 7.85. The predicted molar refractivity (Wildman–Crippen MR) is 79.8 cm³/mol. The van der Waals surface area contributed by atoms with E-state index in [9.17, 15) is 0 Å². The standard InChI is InChI=1S/C16H27NO2/c1-4-9-17-13-14(2)12-15-7-5-6-8-16(15)19-11-10-18-3/h5-8,14,17H,4,9-13H2,1-3H3. The molecule has 0 aliphatic rings. The molecule has 0 radical (unpaired) electrons. The van der Waals surface area contributed by atoms with Crippen LogP contribution in [0, 0.1) is 5.92 Å². The summed E-state index contributed by atoms with van der Waals surface area (Å²) in [6, 6.07) is 8.28. The van der Waals surface area contributed by atoms with Gasteiger partial charge < -0.3 is 14.8 Å². The average molecular weight is 265 g/mol. The van der Waals surface area contributed by atoms with Crippen molar-refractivity contribution >= 4 is 0 Å². The van der Waals surface area contributed by atoms with Gasteiger partial charge in [0.25, 0.3) is 0 Å². The van der Waals surface area contributed by atoms with Crippen molar-refractivity contribution in [2.24, 2.45) is 5.92 Å². The van der Waals surface area contributed by atoms with Crippen LogP contribution >= 0.6 is 0 Å². The van der Waals surface area contributed by atoms with Crippen LogP contribution in [-0.4, -0.2) is 33.4 Å². The van der Waals surface area contributed by atoms with Crippen molar-refractivity contribution in [3.8, 4) is 5.75 Å². The lowest BCUT2D eigenvalue weighted by Gasteiger charge is -2.15. The van der Waals surface area contributed by atoms with E-state index in [1.54, 1.807) is 7.11 Å². The quantitative estimate of drug-likeness (QED) is 0.660. The lowest BCUT2D eigenvalue weighted by Crippen LogP contribution is -2.23. The Hall–Kier alpha value is -1.06. The highest BCUT2D eigenvalue weighted by molar-refractivity contribution is 5.33. The van der Waals surface area contributed by atoms with Gasteiger partial charge in [0, 0.05) is 7.11 Å². The number of rotatable bonds is 10. The molecule has 0 bridgehead atoms. The molecule has 1 aromatic carbocycles. The van der Waals surface area contributed by atoms with Gasteiger partial charge >= 0.3 is 0 Å². The Morgan fingerprint density at radius 3 is 2.74 bits per heavy atom. The lowest BCUT2D eigenvalue weighted by molar-refractivity contribution is 0.145. The molecule has 0 amide bonds. The number of hydrogen-bond donors (Lipinski definition) is 1.